The average Bonchev–Trinajstić information content (AvgIpc) is 2.60. The van der Waals surface area contributed by atoms with Crippen LogP contribution in [0.1, 0.15) is 21.7 Å². The van der Waals surface area contributed by atoms with Crippen LogP contribution in [0, 0.1) is 13.8 Å². The number of hydrogen-bond acceptors (Lipinski definition) is 5. The number of para-hydroxylation sites is 1. The highest BCUT2D eigenvalue weighted by atomic mass is 16.3. The zero-order chi connectivity index (χ0) is 17.1. The van der Waals surface area contributed by atoms with Gasteiger partial charge in [0.15, 0.2) is 5.82 Å². The largest absolute Gasteiger partial charge is 0.395 e. The van der Waals surface area contributed by atoms with Gasteiger partial charge in [0.1, 0.15) is 5.69 Å². The van der Waals surface area contributed by atoms with Crippen molar-refractivity contribution in [3.8, 4) is 11.4 Å². The van der Waals surface area contributed by atoms with E-state index < -0.39 is 0 Å². The summed E-state index contributed by atoms with van der Waals surface area (Å²) in [5.41, 5.74) is 3.65. The number of fused-ring (bicyclic) bond motifs is 1. The molecule has 6 nitrogen and oxygen atoms in total. The third kappa shape index (κ3) is 3.09. The van der Waals surface area contributed by atoms with Crippen molar-refractivity contribution >= 4 is 16.8 Å². The van der Waals surface area contributed by atoms with E-state index in [1.165, 1.54) is 0 Å². The van der Waals surface area contributed by atoms with E-state index in [1.54, 1.807) is 6.20 Å². The van der Waals surface area contributed by atoms with Crippen LogP contribution in [0.4, 0.5) is 0 Å². The third-order valence-corrected chi connectivity index (χ3v) is 3.71. The number of hydrogen-bond donors (Lipinski definition) is 2. The minimum Gasteiger partial charge on any atom is -0.395 e. The molecule has 2 heterocycles. The first-order valence-corrected chi connectivity index (χ1v) is 7.69. The summed E-state index contributed by atoms with van der Waals surface area (Å²) in [6.07, 6.45) is 1.70. The number of carbonyl (C=O) groups is 1. The van der Waals surface area contributed by atoms with Crippen LogP contribution in [0.25, 0.3) is 22.3 Å². The molecular formula is C18H18N4O2. The zero-order valence-electron chi connectivity index (χ0n) is 13.6. The summed E-state index contributed by atoms with van der Waals surface area (Å²) in [6.45, 7) is 3.91. The first-order chi connectivity index (χ1) is 11.6. The Morgan fingerprint density at radius 1 is 1.17 bits per heavy atom. The number of nitrogens with one attached hydrogen (secondary N) is 1. The molecule has 0 unspecified atom stereocenters. The molecule has 0 fully saturated rings. The van der Waals surface area contributed by atoms with Crippen LogP contribution in [0.5, 0.6) is 0 Å². The van der Waals surface area contributed by atoms with E-state index in [9.17, 15) is 4.79 Å². The summed E-state index contributed by atoms with van der Waals surface area (Å²) in [5.74, 6) is 0.127. The summed E-state index contributed by atoms with van der Waals surface area (Å²) in [5, 5.41) is 12.3. The van der Waals surface area contributed by atoms with Gasteiger partial charge in [0.25, 0.3) is 5.91 Å². The van der Waals surface area contributed by atoms with Gasteiger partial charge in [-0.05, 0) is 31.5 Å². The SMILES string of the molecule is Cc1ccc(-c2nc(C(=O)NCCO)c3cccc(C)c3n2)cn1. The minimum absolute atomic E-state index is 0.122. The molecule has 0 aliphatic carbocycles. The van der Waals surface area contributed by atoms with Crippen molar-refractivity contribution in [1.82, 2.24) is 20.3 Å². The molecule has 0 saturated heterocycles. The molecule has 3 rings (SSSR count). The molecule has 1 amide bonds. The predicted octanol–water partition coefficient (Wildman–Crippen LogP) is 2.03. The highest BCUT2D eigenvalue weighted by Gasteiger charge is 2.16. The first-order valence-electron chi connectivity index (χ1n) is 7.69. The molecule has 2 aromatic heterocycles. The molecule has 0 aliphatic heterocycles. The van der Waals surface area contributed by atoms with Crippen molar-refractivity contribution in [2.45, 2.75) is 13.8 Å². The van der Waals surface area contributed by atoms with Gasteiger partial charge in [0.2, 0.25) is 0 Å². The lowest BCUT2D eigenvalue weighted by Crippen LogP contribution is -2.27. The maximum absolute atomic E-state index is 12.4. The minimum atomic E-state index is -0.330. The van der Waals surface area contributed by atoms with Crippen molar-refractivity contribution in [2.24, 2.45) is 0 Å². The molecule has 1 aromatic carbocycles. The molecule has 0 bridgehead atoms. The summed E-state index contributed by atoms with van der Waals surface area (Å²) in [6, 6.07) is 9.41. The van der Waals surface area contributed by atoms with E-state index in [0.717, 1.165) is 22.3 Å². The van der Waals surface area contributed by atoms with Crippen molar-refractivity contribution in [3.05, 3.63) is 53.5 Å². The van der Waals surface area contributed by atoms with Crippen LogP contribution in [-0.4, -0.2) is 39.1 Å². The highest BCUT2D eigenvalue weighted by molar-refractivity contribution is 6.05. The van der Waals surface area contributed by atoms with Crippen LogP contribution in [0.15, 0.2) is 36.5 Å². The molecule has 0 aliphatic rings. The molecule has 3 aromatic rings. The maximum atomic E-state index is 12.4. The lowest BCUT2D eigenvalue weighted by Gasteiger charge is -2.10. The Bertz CT molecular complexity index is 891. The Morgan fingerprint density at radius 2 is 2.00 bits per heavy atom. The van der Waals surface area contributed by atoms with Gasteiger partial charge in [0, 0.05) is 29.4 Å². The number of amides is 1. The topological polar surface area (TPSA) is 88.0 Å². The fourth-order valence-corrected chi connectivity index (χ4v) is 2.45. The number of aliphatic hydroxyl groups excluding tert-OH is 1. The monoisotopic (exact) mass is 322 g/mol. The van der Waals surface area contributed by atoms with E-state index in [0.29, 0.717) is 16.9 Å². The van der Waals surface area contributed by atoms with Gasteiger partial charge in [-0.15, -0.1) is 0 Å². The quantitative estimate of drug-likeness (QED) is 0.767. The van der Waals surface area contributed by atoms with Gasteiger partial charge in [-0.3, -0.25) is 9.78 Å². The summed E-state index contributed by atoms with van der Waals surface area (Å²) < 4.78 is 0. The van der Waals surface area contributed by atoms with Gasteiger partial charge < -0.3 is 10.4 Å². The first kappa shape index (κ1) is 16.0. The third-order valence-electron chi connectivity index (χ3n) is 3.71. The van der Waals surface area contributed by atoms with E-state index >= 15 is 0 Å². The second-order valence-electron chi connectivity index (χ2n) is 5.53. The average molecular weight is 322 g/mol. The second kappa shape index (κ2) is 6.72. The molecule has 0 saturated carbocycles. The fraction of sp³-hybridized carbons (Fsp3) is 0.222. The van der Waals surface area contributed by atoms with E-state index in [-0.39, 0.29) is 19.1 Å². The molecule has 24 heavy (non-hydrogen) atoms. The van der Waals surface area contributed by atoms with Gasteiger partial charge in [-0.2, -0.15) is 0 Å². The molecule has 0 spiro atoms. The molecule has 2 N–H and O–H groups in total. The number of nitrogens with zero attached hydrogens (tertiary/aromatic N) is 3. The number of rotatable bonds is 4. The maximum Gasteiger partial charge on any atom is 0.270 e. The molecular weight excluding hydrogens is 304 g/mol. The Balaban J connectivity index is 2.19. The Hall–Kier alpha value is -2.86. The molecule has 0 radical (unpaired) electrons. The lowest BCUT2D eigenvalue weighted by molar-refractivity contribution is 0.0941. The summed E-state index contributed by atoms with van der Waals surface area (Å²) in [4.78, 5) is 25.8. The summed E-state index contributed by atoms with van der Waals surface area (Å²) in [7, 11) is 0. The van der Waals surface area contributed by atoms with Gasteiger partial charge in [-0.1, -0.05) is 18.2 Å². The number of benzene rings is 1. The van der Waals surface area contributed by atoms with Gasteiger partial charge in [-0.25, -0.2) is 9.97 Å². The van der Waals surface area contributed by atoms with Crippen molar-refractivity contribution in [1.29, 1.82) is 0 Å². The van der Waals surface area contributed by atoms with E-state index in [2.05, 4.69) is 20.3 Å². The Labute approximate surface area is 139 Å². The zero-order valence-corrected chi connectivity index (χ0v) is 13.6. The molecule has 122 valence electrons. The number of aliphatic hydroxyl groups is 1. The van der Waals surface area contributed by atoms with Crippen LogP contribution in [0.2, 0.25) is 0 Å². The molecule has 0 atom stereocenters. The van der Waals surface area contributed by atoms with Crippen LogP contribution >= 0.6 is 0 Å². The second-order valence-corrected chi connectivity index (χ2v) is 5.53. The smallest absolute Gasteiger partial charge is 0.270 e. The Morgan fingerprint density at radius 3 is 2.71 bits per heavy atom. The summed E-state index contributed by atoms with van der Waals surface area (Å²) >= 11 is 0. The normalized spacial score (nSPS) is 10.8. The van der Waals surface area contributed by atoms with Crippen LogP contribution in [-0.2, 0) is 0 Å². The van der Waals surface area contributed by atoms with Gasteiger partial charge >= 0.3 is 0 Å². The van der Waals surface area contributed by atoms with Crippen molar-refractivity contribution in [3.63, 3.8) is 0 Å². The number of carbonyl (C=O) groups excluding carboxylic acids is 1. The molecule has 6 heteroatoms. The standard InChI is InChI=1S/C18H18N4O2/c1-11-4-3-5-14-15(11)21-17(13-7-6-12(2)20-10-13)22-16(14)18(24)19-8-9-23/h3-7,10,23H,8-9H2,1-2H3,(H,19,24). The Kier molecular flexibility index (Phi) is 4.48. The van der Waals surface area contributed by atoms with Gasteiger partial charge in [0.05, 0.1) is 12.1 Å². The van der Waals surface area contributed by atoms with Crippen LogP contribution < -0.4 is 5.32 Å². The van der Waals surface area contributed by atoms with E-state index in [4.69, 9.17) is 5.11 Å². The predicted molar refractivity (Wildman–Crippen MR) is 91.7 cm³/mol. The lowest BCUT2D eigenvalue weighted by atomic mass is 10.1. The fourth-order valence-electron chi connectivity index (χ4n) is 2.45. The van der Waals surface area contributed by atoms with E-state index in [1.807, 2.05) is 44.2 Å². The van der Waals surface area contributed by atoms with Crippen molar-refractivity contribution in [2.75, 3.05) is 13.2 Å². The van der Waals surface area contributed by atoms with Crippen molar-refractivity contribution < 1.29 is 9.90 Å². The van der Waals surface area contributed by atoms with Crippen LogP contribution in [0.3, 0.4) is 0 Å². The highest BCUT2D eigenvalue weighted by Crippen LogP contribution is 2.23. The number of aryl methyl sites for hydroxylation is 2. The number of pyridine rings is 1. The number of aromatic nitrogens is 3.